The third-order valence-corrected chi connectivity index (χ3v) is 8.07. The number of aromatic nitrogens is 1. The van der Waals surface area contributed by atoms with Crippen LogP contribution in [0.5, 0.6) is 0 Å². The normalized spacial score (nSPS) is 27.5. The van der Waals surface area contributed by atoms with Gasteiger partial charge in [0.1, 0.15) is 15.6 Å². The molecule has 6 nitrogen and oxygen atoms in total. The van der Waals surface area contributed by atoms with Gasteiger partial charge in [-0.2, -0.15) is 0 Å². The van der Waals surface area contributed by atoms with E-state index in [1.54, 1.807) is 0 Å². The molecule has 1 saturated heterocycles. The summed E-state index contributed by atoms with van der Waals surface area (Å²) in [5.41, 5.74) is 2.19. The van der Waals surface area contributed by atoms with E-state index in [2.05, 4.69) is 22.0 Å². The molecule has 2 atom stereocenters. The van der Waals surface area contributed by atoms with E-state index in [1.807, 2.05) is 26.0 Å². The predicted molar refractivity (Wildman–Crippen MR) is 126 cm³/mol. The Balaban J connectivity index is 1.46. The zero-order chi connectivity index (χ0) is 22.9. The third-order valence-electron chi connectivity index (χ3n) is 6.84. The first kappa shape index (κ1) is 23.7. The molecule has 0 amide bonds. The van der Waals surface area contributed by atoms with Crippen molar-refractivity contribution in [3.8, 4) is 0 Å². The number of nitrogens with zero attached hydrogens (tertiary/aromatic N) is 2. The van der Waals surface area contributed by atoms with Crippen molar-refractivity contribution in [1.82, 2.24) is 9.88 Å². The summed E-state index contributed by atoms with van der Waals surface area (Å²) in [6.45, 7) is 5.15. The standard InChI is InChI=1S/C24H33ClN2O4S/c1-16-17(2)31-24(26-16)19-6-10-21(11-7-19)27-13-23(15-32(3,28)29)30-14-22(27)12-18-4-8-20(25)9-5-18/h4-5,8-9,19,21-23H,6-7,10-15H2,1-3H3. The van der Waals surface area contributed by atoms with Gasteiger partial charge in [-0.1, -0.05) is 23.7 Å². The number of hydrogen-bond acceptors (Lipinski definition) is 6. The fourth-order valence-electron chi connectivity index (χ4n) is 5.06. The van der Waals surface area contributed by atoms with Crippen LogP contribution in [0.3, 0.4) is 0 Å². The van der Waals surface area contributed by atoms with Crippen molar-refractivity contribution in [3.05, 3.63) is 52.2 Å². The van der Waals surface area contributed by atoms with Crippen LogP contribution in [0.1, 0.15) is 54.5 Å². The van der Waals surface area contributed by atoms with Crippen LogP contribution in [-0.4, -0.2) is 61.6 Å². The van der Waals surface area contributed by atoms with Gasteiger partial charge in [0, 0.05) is 35.8 Å². The number of rotatable bonds is 6. The molecule has 4 rings (SSSR count). The van der Waals surface area contributed by atoms with Crippen LogP contribution in [0.25, 0.3) is 0 Å². The fourth-order valence-corrected chi connectivity index (χ4v) is 6.06. The Morgan fingerprint density at radius 1 is 1.12 bits per heavy atom. The molecule has 1 aromatic heterocycles. The average Bonchev–Trinajstić information content (AvgIpc) is 3.08. The van der Waals surface area contributed by atoms with E-state index in [4.69, 9.17) is 20.8 Å². The number of halogens is 1. The number of ether oxygens (including phenoxy) is 1. The highest BCUT2D eigenvalue weighted by Gasteiger charge is 2.37. The van der Waals surface area contributed by atoms with Crippen molar-refractivity contribution >= 4 is 21.4 Å². The number of benzene rings is 1. The molecule has 176 valence electrons. The van der Waals surface area contributed by atoms with Gasteiger partial charge in [-0.05, 0) is 63.6 Å². The van der Waals surface area contributed by atoms with Gasteiger partial charge in [0.15, 0.2) is 5.89 Å². The Hall–Kier alpha value is -1.41. The number of morpholine rings is 1. The van der Waals surface area contributed by atoms with E-state index >= 15 is 0 Å². The van der Waals surface area contributed by atoms with Crippen molar-refractivity contribution in [2.24, 2.45) is 0 Å². The zero-order valence-electron chi connectivity index (χ0n) is 19.1. The fraction of sp³-hybridized carbons (Fsp3) is 0.625. The molecule has 0 N–H and O–H groups in total. The number of aryl methyl sites for hydroxylation is 2. The van der Waals surface area contributed by atoms with Crippen LogP contribution in [0.15, 0.2) is 28.7 Å². The van der Waals surface area contributed by atoms with Gasteiger partial charge < -0.3 is 9.15 Å². The first-order valence-corrected chi connectivity index (χ1v) is 13.8. The second-order valence-electron chi connectivity index (χ2n) is 9.43. The van der Waals surface area contributed by atoms with Crippen LogP contribution in [-0.2, 0) is 21.0 Å². The van der Waals surface area contributed by atoms with Crippen molar-refractivity contribution in [2.45, 2.75) is 70.1 Å². The minimum Gasteiger partial charge on any atom is -0.445 e. The van der Waals surface area contributed by atoms with Gasteiger partial charge in [-0.25, -0.2) is 13.4 Å². The molecular formula is C24H33ClN2O4S. The Morgan fingerprint density at radius 3 is 2.41 bits per heavy atom. The third kappa shape index (κ3) is 5.93. The van der Waals surface area contributed by atoms with Crippen LogP contribution in [0, 0.1) is 13.8 Å². The molecule has 2 heterocycles. The topological polar surface area (TPSA) is 72.6 Å². The summed E-state index contributed by atoms with van der Waals surface area (Å²) >= 11 is 6.06. The monoisotopic (exact) mass is 480 g/mol. The molecule has 2 fully saturated rings. The molecule has 1 aliphatic heterocycles. The number of hydrogen-bond donors (Lipinski definition) is 0. The molecule has 0 radical (unpaired) electrons. The molecule has 2 aromatic rings. The minimum atomic E-state index is -3.09. The molecule has 0 spiro atoms. The smallest absolute Gasteiger partial charge is 0.197 e. The summed E-state index contributed by atoms with van der Waals surface area (Å²) in [5, 5.41) is 0.731. The summed E-state index contributed by atoms with van der Waals surface area (Å²) in [5.74, 6) is 2.21. The molecule has 1 aromatic carbocycles. The Labute approximate surface area is 196 Å². The predicted octanol–water partition coefficient (Wildman–Crippen LogP) is 4.33. The number of sulfone groups is 1. The molecule has 32 heavy (non-hydrogen) atoms. The lowest BCUT2D eigenvalue weighted by molar-refractivity contribution is -0.0758. The lowest BCUT2D eigenvalue weighted by Gasteiger charge is -2.46. The molecule has 2 unspecified atom stereocenters. The van der Waals surface area contributed by atoms with E-state index in [-0.39, 0.29) is 17.9 Å². The van der Waals surface area contributed by atoms with Crippen molar-refractivity contribution in [3.63, 3.8) is 0 Å². The summed E-state index contributed by atoms with van der Waals surface area (Å²) in [7, 11) is -3.09. The van der Waals surface area contributed by atoms with Gasteiger partial charge >= 0.3 is 0 Å². The summed E-state index contributed by atoms with van der Waals surface area (Å²) in [4.78, 5) is 7.13. The summed E-state index contributed by atoms with van der Waals surface area (Å²) in [6, 6.07) is 8.60. The quantitative estimate of drug-likeness (QED) is 0.612. The highest BCUT2D eigenvalue weighted by atomic mass is 35.5. The Bertz CT molecular complexity index is 994. The maximum Gasteiger partial charge on any atom is 0.197 e. The largest absolute Gasteiger partial charge is 0.445 e. The summed E-state index contributed by atoms with van der Waals surface area (Å²) < 4.78 is 35.7. The maximum atomic E-state index is 11.9. The highest BCUT2D eigenvalue weighted by Crippen LogP contribution is 2.37. The Kier molecular flexibility index (Phi) is 7.30. The lowest BCUT2D eigenvalue weighted by Crippen LogP contribution is -2.56. The van der Waals surface area contributed by atoms with Crippen LogP contribution < -0.4 is 0 Å². The van der Waals surface area contributed by atoms with Gasteiger partial charge in [-0.15, -0.1) is 0 Å². The van der Waals surface area contributed by atoms with Gasteiger partial charge in [0.25, 0.3) is 0 Å². The van der Waals surface area contributed by atoms with Crippen LogP contribution in [0.2, 0.25) is 5.02 Å². The van der Waals surface area contributed by atoms with E-state index in [0.29, 0.717) is 25.1 Å². The van der Waals surface area contributed by atoms with E-state index in [1.165, 1.54) is 11.8 Å². The Morgan fingerprint density at radius 2 is 1.81 bits per heavy atom. The van der Waals surface area contributed by atoms with Crippen LogP contribution in [0.4, 0.5) is 0 Å². The molecule has 0 bridgehead atoms. The van der Waals surface area contributed by atoms with Gasteiger partial charge in [-0.3, -0.25) is 4.90 Å². The minimum absolute atomic E-state index is 0.0708. The van der Waals surface area contributed by atoms with E-state index in [9.17, 15) is 8.42 Å². The van der Waals surface area contributed by atoms with E-state index in [0.717, 1.165) is 54.5 Å². The average molecular weight is 481 g/mol. The zero-order valence-corrected chi connectivity index (χ0v) is 20.7. The van der Waals surface area contributed by atoms with Crippen molar-refractivity contribution < 1.29 is 17.6 Å². The van der Waals surface area contributed by atoms with E-state index < -0.39 is 9.84 Å². The second kappa shape index (κ2) is 9.84. The SMILES string of the molecule is Cc1nc(C2CCC(N3CC(CS(C)(=O)=O)OCC3Cc3ccc(Cl)cc3)CC2)oc1C. The molecule has 2 aliphatic rings. The first-order valence-electron chi connectivity index (χ1n) is 11.4. The molecule has 1 saturated carbocycles. The lowest BCUT2D eigenvalue weighted by atomic mass is 9.84. The number of oxazole rings is 1. The first-order chi connectivity index (χ1) is 15.2. The van der Waals surface area contributed by atoms with Crippen LogP contribution >= 0.6 is 11.6 Å². The van der Waals surface area contributed by atoms with Gasteiger partial charge in [0.05, 0.1) is 24.2 Å². The van der Waals surface area contributed by atoms with Crippen molar-refractivity contribution in [2.75, 3.05) is 25.2 Å². The second-order valence-corrected chi connectivity index (χ2v) is 12.0. The maximum absolute atomic E-state index is 11.9. The molecule has 1 aliphatic carbocycles. The molecular weight excluding hydrogens is 448 g/mol. The van der Waals surface area contributed by atoms with Crippen molar-refractivity contribution in [1.29, 1.82) is 0 Å². The molecule has 8 heteroatoms. The van der Waals surface area contributed by atoms with Gasteiger partial charge in [0.2, 0.25) is 0 Å². The highest BCUT2D eigenvalue weighted by molar-refractivity contribution is 7.90. The summed E-state index contributed by atoms with van der Waals surface area (Å²) in [6.07, 6.45) is 6.04.